The van der Waals surface area contributed by atoms with Crippen LogP contribution >= 0.6 is 11.6 Å². The van der Waals surface area contributed by atoms with E-state index in [0.717, 1.165) is 29.4 Å². The molecule has 0 bridgehead atoms. The summed E-state index contributed by atoms with van der Waals surface area (Å²) < 4.78 is 7.77. The molecule has 1 aliphatic carbocycles. The molecule has 1 heterocycles. The zero-order chi connectivity index (χ0) is 14.0. The zero-order valence-electron chi connectivity index (χ0n) is 12.0. The number of hydrogen-bond acceptors (Lipinski definition) is 3. The smallest absolute Gasteiger partial charge is 0.0847 e. The minimum Gasteiger partial charge on any atom is -0.377 e. The van der Waals surface area contributed by atoms with Crippen LogP contribution in [0.25, 0.3) is 0 Å². The largest absolute Gasteiger partial charge is 0.377 e. The summed E-state index contributed by atoms with van der Waals surface area (Å²) in [6.07, 6.45) is 3.35. The lowest BCUT2D eigenvalue weighted by molar-refractivity contribution is 0.0284. The Labute approximate surface area is 120 Å². The van der Waals surface area contributed by atoms with Gasteiger partial charge in [-0.25, -0.2) is 0 Å². The summed E-state index contributed by atoms with van der Waals surface area (Å²) in [5.74, 6) is 0.632. The Bertz CT molecular complexity index is 429. The number of nitrogens with zero attached hydrogens (tertiary/aromatic N) is 2. The Morgan fingerprint density at radius 2 is 2.16 bits per heavy atom. The molecule has 1 aromatic heterocycles. The Morgan fingerprint density at radius 3 is 2.68 bits per heavy atom. The van der Waals surface area contributed by atoms with Crippen molar-refractivity contribution in [3.63, 3.8) is 0 Å². The van der Waals surface area contributed by atoms with Gasteiger partial charge in [0.05, 0.1) is 22.5 Å². The summed E-state index contributed by atoms with van der Waals surface area (Å²) in [4.78, 5) is 0. The molecule has 2 atom stereocenters. The third kappa shape index (κ3) is 3.30. The quantitative estimate of drug-likeness (QED) is 0.838. The molecule has 2 N–H and O–H groups in total. The summed E-state index contributed by atoms with van der Waals surface area (Å²) in [6, 6.07) is -0.00801. The maximum atomic E-state index is 6.35. The predicted octanol–water partition coefficient (Wildman–Crippen LogP) is 2.55. The number of rotatable bonds is 7. The van der Waals surface area contributed by atoms with Gasteiger partial charge in [0.25, 0.3) is 0 Å². The highest BCUT2D eigenvalue weighted by atomic mass is 35.5. The fourth-order valence-corrected chi connectivity index (χ4v) is 2.84. The van der Waals surface area contributed by atoms with Crippen molar-refractivity contribution in [3.8, 4) is 0 Å². The van der Waals surface area contributed by atoms with E-state index >= 15 is 0 Å². The van der Waals surface area contributed by atoms with Crippen LogP contribution in [0.3, 0.4) is 0 Å². The Morgan fingerprint density at radius 1 is 1.47 bits per heavy atom. The number of halogens is 1. The van der Waals surface area contributed by atoms with Gasteiger partial charge in [-0.3, -0.25) is 4.68 Å². The van der Waals surface area contributed by atoms with Crippen molar-refractivity contribution in [2.24, 2.45) is 11.7 Å². The second-order valence-corrected chi connectivity index (χ2v) is 5.67. The van der Waals surface area contributed by atoms with Crippen molar-refractivity contribution < 1.29 is 4.74 Å². The molecule has 1 fully saturated rings. The molecular weight excluding hydrogens is 262 g/mol. The lowest BCUT2D eigenvalue weighted by atomic mass is 10.0. The first-order valence-electron chi connectivity index (χ1n) is 7.17. The van der Waals surface area contributed by atoms with Gasteiger partial charge < -0.3 is 10.5 Å². The van der Waals surface area contributed by atoms with Gasteiger partial charge in [-0.2, -0.15) is 5.10 Å². The minimum absolute atomic E-state index is 0.00801. The third-order valence-corrected chi connectivity index (χ3v) is 4.24. The number of aromatic nitrogens is 2. The first-order valence-corrected chi connectivity index (χ1v) is 7.55. The maximum Gasteiger partial charge on any atom is 0.0847 e. The molecule has 1 aromatic rings. The second kappa shape index (κ2) is 6.25. The predicted molar refractivity (Wildman–Crippen MR) is 77.5 cm³/mol. The van der Waals surface area contributed by atoms with Crippen molar-refractivity contribution in [1.29, 1.82) is 0 Å². The molecule has 0 aromatic carbocycles. The highest BCUT2D eigenvalue weighted by Gasteiger charge is 2.36. The molecule has 2 rings (SSSR count). The lowest BCUT2D eigenvalue weighted by Crippen LogP contribution is -2.40. The average Bonchev–Trinajstić information content (AvgIpc) is 3.18. The van der Waals surface area contributed by atoms with Gasteiger partial charge in [0.15, 0.2) is 0 Å². The van der Waals surface area contributed by atoms with Crippen molar-refractivity contribution >= 4 is 11.6 Å². The number of ether oxygens (including phenoxy) is 1. The highest BCUT2D eigenvalue weighted by molar-refractivity contribution is 6.31. The Hall–Kier alpha value is -0.580. The summed E-state index contributed by atoms with van der Waals surface area (Å²) >= 11 is 6.33. The summed E-state index contributed by atoms with van der Waals surface area (Å²) in [5, 5.41) is 5.19. The SMILES string of the molecule is CCOC(C(N)Cc1c(Cl)c(C)nn1CC)C1CC1. The van der Waals surface area contributed by atoms with Gasteiger partial charge in [-0.05, 0) is 39.5 Å². The topological polar surface area (TPSA) is 53.1 Å². The third-order valence-electron chi connectivity index (χ3n) is 3.75. The summed E-state index contributed by atoms with van der Waals surface area (Å²) in [5.41, 5.74) is 8.27. The summed E-state index contributed by atoms with van der Waals surface area (Å²) in [6.45, 7) is 7.56. The van der Waals surface area contributed by atoms with E-state index in [0.29, 0.717) is 12.5 Å². The first kappa shape index (κ1) is 14.8. The number of aryl methyl sites for hydroxylation is 2. The van der Waals surface area contributed by atoms with Crippen LogP contribution in [0.4, 0.5) is 0 Å². The first-order chi connectivity index (χ1) is 9.08. The van der Waals surface area contributed by atoms with Crippen LogP contribution in [0, 0.1) is 12.8 Å². The fraction of sp³-hybridized carbons (Fsp3) is 0.786. The molecule has 5 heteroatoms. The van der Waals surface area contributed by atoms with Crippen LogP contribution in [0.15, 0.2) is 0 Å². The molecule has 1 saturated carbocycles. The van der Waals surface area contributed by atoms with Crippen molar-refractivity contribution in [2.45, 2.75) is 58.7 Å². The van der Waals surface area contributed by atoms with Gasteiger partial charge in [0, 0.05) is 25.6 Å². The van der Waals surface area contributed by atoms with Gasteiger partial charge in [0.2, 0.25) is 0 Å². The molecule has 1 aliphatic rings. The van der Waals surface area contributed by atoms with E-state index in [1.54, 1.807) is 0 Å². The summed E-state index contributed by atoms with van der Waals surface area (Å²) in [7, 11) is 0. The van der Waals surface area contributed by atoms with E-state index in [-0.39, 0.29) is 12.1 Å². The number of hydrogen-bond donors (Lipinski definition) is 1. The molecule has 0 aliphatic heterocycles. The molecule has 0 radical (unpaired) electrons. The van der Waals surface area contributed by atoms with Crippen molar-refractivity contribution in [3.05, 3.63) is 16.4 Å². The Balaban J connectivity index is 2.10. The molecule has 0 saturated heterocycles. The van der Waals surface area contributed by atoms with Crippen LogP contribution in [0.5, 0.6) is 0 Å². The molecule has 2 unspecified atom stereocenters. The van der Waals surface area contributed by atoms with Crippen LogP contribution in [-0.2, 0) is 17.7 Å². The maximum absolute atomic E-state index is 6.35. The van der Waals surface area contributed by atoms with Crippen LogP contribution in [0.1, 0.15) is 38.1 Å². The molecule has 19 heavy (non-hydrogen) atoms. The van der Waals surface area contributed by atoms with E-state index in [1.807, 2.05) is 18.5 Å². The zero-order valence-corrected chi connectivity index (χ0v) is 12.8. The monoisotopic (exact) mass is 285 g/mol. The lowest BCUT2D eigenvalue weighted by Gasteiger charge is -2.24. The molecule has 108 valence electrons. The van der Waals surface area contributed by atoms with Crippen LogP contribution < -0.4 is 5.73 Å². The fourth-order valence-electron chi connectivity index (χ4n) is 2.63. The van der Waals surface area contributed by atoms with Crippen molar-refractivity contribution in [1.82, 2.24) is 9.78 Å². The van der Waals surface area contributed by atoms with Gasteiger partial charge in [-0.15, -0.1) is 0 Å². The van der Waals surface area contributed by atoms with E-state index in [1.165, 1.54) is 12.8 Å². The second-order valence-electron chi connectivity index (χ2n) is 5.29. The van der Waals surface area contributed by atoms with E-state index in [4.69, 9.17) is 22.1 Å². The molecular formula is C14H24ClN3O. The molecule has 0 amide bonds. The number of nitrogens with two attached hydrogens (primary N) is 1. The van der Waals surface area contributed by atoms with Crippen molar-refractivity contribution in [2.75, 3.05) is 6.61 Å². The van der Waals surface area contributed by atoms with Gasteiger partial charge in [-0.1, -0.05) is 11.6 Å². The van der Waals surface area contributed by atoms with E-state index in [9.17, 15) is 0 Å². The highest BCUT2D eigenvalue weighted by Crippen LogP contribution is 2.36. The Kier molecular flexibility index (Phi) is 4.87. The standard InChI is InChI=1S/C14H24ClN3O/c1-4-18-12(13(15)9(3)17-18)8-11(16)14(19-5-2)10-6-7-10/h10-11,14H,4-8,16H2,1-3H3. The van der Waals surface area contributed by atoms with Crippen LogP contribution in [-0.4, -0.2) is 28.5 Å². The normalized spacial score (nSPS) is 18.6. The molecule has 4 nitrogen and oxygen atoms in total. The van der Waals surface area contributed by atoms with E-state index in [2.05, 4.69) is 12.0 Å². The minimum atomic E-state index is -0.00801. The van der Waals surface area contributed by atoms with Crippen LogP contribution in [0.2, 0.25) is 5.02 Å². The van der Waals surface area contributed by atoms with Gasteiger partial charge in [0.1, 0.15) is 0 Å². The molecule has 0 spiro atoms. The van der Waals surface area contributed by atoms with Gasteiger partial charge >= 0.3 is 0 Å². The van der Waals surface area contributed by atoms with E-state index < -0.39 is 0 Å². The average molecular weight is 286 g/mol.